The van der Waals surface area contributed by atoms with E-state index in [0.29, 0.717) is 0 Å². The molecule has 2 heterocycles. The van der Waals surface area contributed by atoms with Crippen molar-refractivity contribution in [1.29, 1.82) is 0 Å². The van der Waals surface area contributed by atoms with Gasteiger partial charge in [0.25, 0.3) is 0 Å². The van der Waals surface area contributed by atoms with Crippen LogP contribution in [0, 0.1) is 6.92 Å². The highest BCUT2D eigenvalue weighted by Gasteiger charge is 2.09. The Hall–Kier alpha value is -2.68. The number of nitrogens with zero attached hydrogens (tertiary/aromatic N) is 2. The van der Waals surface area contributed by atoms with Gasteiger partial charge in [0, 0.05) is 17.1 Å². The lowest BCUT2D eigenvalue weighted by Gasteiger charge is -2.00. The molecule has 2 aromatic heterocycles. The second-order valence-corrected chi connectivity index (χ2v) is 4.93. The second-order valence-electron chi connectivity index (χ2n) is 4.93. The number of hydrogen-bond donors (Lipinski definition) is 1. The normalized spacial score (nSPS) is 11.2. The van der Waals surface area contributed by atoms with Crippen LogP contribution < -0.4 is 0 Å². The van der Waals surface area contributed by atoms with Crippen molar-refractivity contribution in [2.75, 3.05) is 0 Å². The highest BCUT2D eigenvalue weighted by Crippen LogP contribution is 2.27. The van der Waals surface area contributed by atoms with Crippen molar-refractivity contribution in [3.63, 3.8) is 0 Å². The van der Waals surface area contributed by atoms with E-state index < -0.39 is 0 Å². The predicted molar refractivity (Wildman–Crippen MR) is 81.6 cm³/mol. The zero-order valence-electron chi connectivity index (χ0n) is 11.1. The van der Waals surface area contributed by atoms with Crippen LogP contribution in [-0.4, -0.2) is 15.0 Å². The first-order chi connectivity index (χ1) is 9.83. The molecule has 3 heteroatoms. The van der Waals surface area contributed by atoms with Crippen LogP contribution in [0.4, 0.5) is 0 Å². The lowest BCUT2D eigenvalue weighted by molar-refractivity contribution is 1.31. The fourth-order valence-corrected chi connectivity index (χ4v) is 2.59. The quantitative estimate of drug-likeness (QED) is 0.559. The van der Waals surface area contributed by atoms with Crippen LogP contribution >= 0.6 is 0 Å². The summed E-state index contributed by atoms with van der Waals surface area (Å²) >= 11 is 0. The highest BCUT2D eigenvalue weighted by molar-refractivity contribution is 6.03. The molecular weight excluding hydrogens is 246 g/mol. The molecule has 0 spiro atoms. The van der Waals surface area contributed by atoms with Crippen LogP contribution in [0.1, 0.15) is 5.56 Å². The number of nitrogens with one attached hydrogen (secondary N) is 1. The highest BCUT2D eigenvalue weighted by atomic mass is 14.9. The van der Waals surface area contributed by atoms with Crippen molar-refractivity contribution in [2.24, 2.45) is 0 Å². The molecule has 96 valence electrons. The first-order valence-electron chi connectivity index (χ1n) is 6.62. The molecule has 0 fully saturated rings. The van der Waals surface area contributed by atoms with Gasteiger partial charge in [-0.25, -0.2) is 4.98 Å². The van der Waals surface area contributed by atoms with E-state index in [2.05, 4.69) is 35.1 Å². The Morgan fingerprint density at radius 3 is 2.75 bits per heavy atom. The minimum Gasteiger partial charge on any atom is -0.338 e. The number of aromatic amines is 1. The number of hydrogen-bond acceptors (Lipinski definition) is 2. The summed E-state index contributed by atoms with van der Waals surface area (Å²) in [6.45, 7) is 2.10. The second kappa shape index (κ2) is 4.17. The van der Waals surface area contributed by atoms with E-state index in [9.17, 15) is 0 Å². The van der Waals surface area contributed by atoms with E-state index in [1.807, 2.05) is 36.5 Å². The summed E-state index contributed by atoms with van der Waals surface area (Å²) in [5.41, 5.74) is 5.36. The number of pyridine rings is 1. The summed E-state index contributed by atoms with van der Waals surface area (Å²) in [5, 5.41) is 1.08. The molecule has 0 amide bonds. The van der Waals surface area contributed by atoms with Crippen LogP contribution in [0.3, 0.4) is 0 Å². The van der Waals surface area contributed by atoms with Crippen molar-refractivity contribution in [3.05, 3.63) is 60.3 Å². The topological polar surface area (TPSA) is 41.6 Å². The molecule has 0 aliphatic heterocycles. The van der Waals surface area contributed by atoms with Gasteiger partial charge in [0.2, 0.25) is 0 Å². The molecule has 4 rings (SSSR count). The average Bonchev–Trinajstić information content (AvgIpc) is 2.92. The molecular formula is C17H13N3. The maximum atomic E-state index is 4.78. The van der Waals surface area contributed by atoms with Gasteiger partial charge in [-0.3, -0.25) is 4.98 Å². The zero-order valence-corrected chi connectivity index (χ0v) is 11.1. The minimum absolute atomic E-state index is 0.912. The van der Waals surface area contributed by atoms with Gasteiger partial charge >= 0.3 is 0 Å². The van der Waals surface area contributed by atoms with E-state index in [0.717, 1.165) is 33.3 Å². The largest absolute Gasteiger partial charge is 0.338 e. The number of rotatable bonds is 1. The van der Waals surface area contributed by atoms with Gasteiger partial charge in [0.15, 0.2) is 0 Å². The molecule has 4 aromatic rings. The molecule has 0 aliphatic carbocycles. The molecule has 0 atom stereocenters. The summed E-state index contributed by atoms with van der Waals surface area (Å²) in [7, 11) is 0. The van der Waals surface area contributed by atoms with Crippen molar-refractivity contribution in [2.45, 2.75) is 6.92 Å². The number of H-pyrrole nitrogens is 1. The Bertz CT molecular complexity index is 922. The summed E-state index contributed by atoms with van der Waals surface area (Å²) in [6.07, 6.45) is 1.81. The molecule has 20 heavy (non-hydrogen) atoms. The van der Waals surface area contributed by atoms with E-state index in [-0.39, 0.29) is 0 Å². The fraction of sp³-hybridized carbons (Fsp3) is 0.0588. The smallest absolute Gasteiger partial charge is 0.138 e. The van der Waals surface area contributed by atoms with Crippen LogP contribution in [0.5, 0.6) is 0 Å². The standard InChI is InChI=1S/C17H13N3/c1-11-5-2-3-6-12(11)17-19-15-9-8-14-13(16(15)20-17)7-4-10-18-14/h2-10H,1H3,(H,19,20). The van der Waals surface area contributed by atoms with E-state index in [4.69, 9.17) is 4.98 Å². The number of imidazole rings is 1. The SMILES string of the molecule is Cc1ccccc1-c1nc2c(ccc3ncccc32)[nH]1. The number of fused-ring (bicyclic) bond motifs is 3. The van der Waals surface area contributed by atoms with Crippen LogP contribution in [-0.2, 0) is 0 Å². The van der Waals surface area contributed by atoms with Gasteiger partial charge in [0.1, 0.15) is 5.82 Å². The van der Waals surface area contributed by atoms with E-state index >= 15 is 0 Å². The Morgan fingerprint density at radius 1 is 0.950 bits per heavy atom. The lowest BCUT2D eigenvalue weighted by Crippen LogP contribution is -1.84. The predicted octanol–water partition coefficient (Wildman–Crippen LogP) is 4.09. The first kappa shape index (κ1) is 11.2. The summed E-state index contributed by atoms with van der Waals surface area (Å²) in [4.78, 5) is 12.6. The average molecular weight is 259 g/mol. The minimum atomic E-state index is 0.912. The van der Waals surface area contributed by atoms with E-state index in [1.54, 1.807) is 0 Å². The van der Waals surface area contributed by atoms with E-state index in [1.165, 1.54) is 5.56 Å². The van der Waals surface area contributed by atoms with Gasteiger partial charge in [-0.15, -0.1) is 0 Å². The van der Waals surface area contributed by atoms with Gasteiger partial charge < -0.3 is 4.98 Å². The first-order valence-corrected chi connectivity index (χ1v) is 6.62. The Labute approximate surface area is 116 Å². The lowest BCUT2D eigenvalue weighted by atomic mass is 10.1. The number of aryl methyl sites for hydroxylation is 1. The Balaban J connectivity index is 2.04. The maximum Gasteiger partial charge on any atom is 0.138 e. The third-order valence-electron chi connectivity index (χ3n) is 3.63. The summed E-state index contributed by atoms with van der Waals surface area (Å²) in [5.74, 6) is 0.912. The maximum absolute atomic E-state index is 4.78. The molecule has 0 aliphatic rings. The van der Waals surface area contributed by atoms with Gasteiger partial charge in [-0.1, -0.05) is 24.3 Å². The molecule has 0 radical (unpaired) electrons. The molecule has 0 saturated carbocycles. The van der Waals surface area contributed by atoms with Gasteiger partial charge in [-0.05, 0) is 36.8 Å². The Morgan fingerprint density at radius 2 is 1.85 bits per heavy atom. The number of aromatic nitrogens is 3. The Kier molecular flexibility index (Phi) is 2.33. The molecule has 0 bridgehead atoms. The van der Waals surface area contributed by atoms with Crippen molar-refractivity contribution in [1.82, 2.24) is 15.0 Å². The van der Waals surface area contributed by atoms with Crippen LogP contribution in [0.2, 0.25) is 0 Å². The number of benzene rings is 2. The monoisotopic (exact) mass is 259 g/mol. The van der Waals surface area contributed by atoms with Gasteiger partial charge in [-0.2, -0.15) is 0 Å². The summed E-state index contributed by atoms with van der Waals surface area (Å²) < 4.78 is 0. The molecule has 0 unspecified atom stereocenters. The third kappa shape index (κ3) is 1.60. The molecule has 1 N–H and O–H groups in total. The van der Waals surface area contributed by atoms with Crippen LogP contribution in [0.15, 0.2) is 54.7 Å². The van der Waals surface area contributed by atoms with Crippen molar-refractivity contribution in [3.8, 4) is 11.4 Å². The van der Waals surface area contributed by atoms with Crippen molar-refractivity contribution >= 4 is 21.9 Å². The summed E-state index contributed by atoms with van der Waals surface area (Å²) in [6, 6.07) is 16.3. The van der Waals surface area contributed by atoms with Crippen molar-refractivity contribution < 1.29 is 0 Å². The zero-order chi connectivity index (χ0) is 13.5. The third-order valence-corrected chi connectivity index (χ3v) is 3.63. The molecule has 2 aromatic carbocycles. The van der Waals surface area contributed by atoms with Crippen LogP contribution in [0.25, 0.3) is 33.3 Å². The fourth-order valence-electron chi connectivity index (χ4n) is 2.59. The molecule has 3 nitrogen and oxygen atoms in total. The van der Waals surface area contributed by atoms with Gasteiger partial charge in [0.05, 0.1) is 16.6 Å². The molecule has 0 saturated heterocycles.